The maximum atomic E-state index is 8.83. The number of benzene rings is 1. The molecule has 21 heavy (non-hydrogen) atoms. The fourth-order valence-corrected chi connectivity index (χ4v) is 3.08. The topological polar surface area (TPSA) is 61.1 Å². The van der Waals surface area contributed by atoms with E-state index in [4.69, 9.17) is 15.2 Å². The largest absolute Gasteiger partial charge is 0.271 e. The lowest BCUT2D eigenvalue weighted by Gasteiger charge is -2.18. The molecule has 0 aliphatic heterocycles. The summed E-state index contributed by atoms with van der Waals surface area (Å²) in [5.74, 6) is 0. The van der Waals surface area contributed by atoms with Crippen LogP contribution in [0.15, 0.2) is 29.3 Å². The summed E-state index contributed by atoms with van der Waals surface area (Å²) >= 11 is 1.44. The van der Waals surface area contributed by atoms with Gasteiger partial charge < -0.3 is 0 Å². The number of fused-ring (bicyclic) bond motifs is 2. The number of nitrogens with zero attached hydrogens (tertiary/aromatic N) is 3. The van der Waals surface area contributed by atoms with E-state index in [-0.39, 0.29) is 0 Å². The van der Waals surface area contributed by atoms with Gasteiger partial charge in [-0.15, -0.1) is 0 Å². The highest BCUT2D eigenvalue weighted by Gasteiger charge is 2.18. The lowest BCUT2D eigenvalue weighted by Crippen LogP contribution is -2.13. The minimum absolute atomic E-state index is 0.627. The van der Waals surface area contributed by atoms with Crippen molar-refractivity contribution in [2.24, 2.45) is 4.99 Å². The number of nitrogens with one attached hydrogen (secondary N) is 1. The Hall–Kier alpha value is -2.06. The Morgan fingerprint density at radius 1 is 1.33 bits per heavy atom. The zero-order chi connectivity index (χ0) is 14.7. The predicted molar refractivity (Wildman–Crippen MR) is 87.7 cm³/mol. The normalized spacial score (nSPS) is 14.6. The molecule has 0 saturated heterocycles. The van der Waals surface area contributed by atoms with Crippen molar-refractivity contribution in [3.63, 3.8) is 0 Å². The Morgan fingerprint density at radius 3 is 2.95 bits per heavy atom. The third-order valence-electron chi connectivity index (χ3n) is 3.71. The summed E-state index contributed by atoms with van der Waals surface area (Å²) in [4.78, 5) is 9.51. The zero-order valence-electron chi connectivity index (χ0n) is 11.9. The van der Waals surface area contributed by atoms with Crippen LogP contribution in [0.2, 0.25) is 0 Å². The van der Waals surface area contributed by atoms with E-state index in [0.29, 0.717) is 5.17 Å². The van der Waals surface area contributed by atoms with Gasteiger partial charge in [0.1, 0.15) is 0 Å². The highest BCUT2D eigenvalue weighted by atomic mass is 32.2. The molecule has 5 heteroatoms. The summed E-state index contributed by atoms with van der Waals surface area (Å²) in [5, 5.41) is 13.2. The molecular weight excluding hydrogens is 280 g/mol. The van der Waals surface area contributed by atoms with E-state index in [2.05, 4.69) is 11.4 Å². The van der Waals surface area contributed by atoms with Crippen LogP contribution in [-0.2, 0) is 12.8 Å². The summed E-state index contributed by atoms with van der Waals surface area (Å²) in [7, 11) is 0. The molecule has 0 saturated carbocycles. The van der Waals surface area contributed by atoms with Crippen LogP contribution in [0.5, 0.6) is 0 Å². The summed E-state index contributed by atoms with van der Waals surface area (Å²) in [5.41, 5.74) is 4.36. The van der Waals surface area contributed by atoms with Gasteiger partial charge in [-0.3, -0.25) is 10.3 Å². The second-order valence-electron chi connectivity index (χ2n) is 4.97. The second-order valence-corrected chi connectivity index (χ2v) is 5.76. The minimum Gasteiger partial charge on any atom is -0.271 e. The number of hydrogen-bond acceptors (Lipinski definition) is 4. The Kier molecular flexibility index (Phi) is 4.07. The van der Waals surface area contributed by atoms with E-state index in [9.17, 15) is 0 Å². The molecule has 1 aliphatic carbocycles. The molecule has 1 aromatic heterocycles. The second kappa shape index (κ2) is 6.15. The van der Waals surface area contributed by atoms with Crippen molar-refractivity contribution < 1.29 is 0 Å². The molecule has 1 N–H and O–H groups in total. The number of aryl methyl sites for hydroxylation is 1. The first-order chi connectivity index (χ1) is 10.3. The molecular formula is C16H16N4S. The molecule has 0 amide bonds. The number of para-hydroxylation sites is 1. The fourth-order valence-electron chi connectivity index (χ4n) is 2.75. The quantitative estimate of drug-likeness (QED) is 0.378. The molecule has 0 fully saturated rings. The van der Waals surface area contributed by atoms with Gasteiger partial charge in [0.05, 0.1) is 11.2 Å². The molecule has 0 bridgehead atoms. The predicted octanol–water partition coefficient (Wildman–Crippen LogP) is 3.53. The maximum Gasteiger partial charge on any atom is 0.183 e. The number of nitriles is 1. The third-order valence-corrected chi connectivity index (χ3v) is 4.29. The number of aromatic nitrogens is 1. The molecule has 0 unspecified atom stereocenters. The average Bonchev–Trinajstić information content (AvgIpc) is 2.53. The SMILES string of the molecule is CSC(=Nc1c2c(nc3ccccc13)CCCC2)NC#N. The molecule has 1 heterocycles. The monoisotopic (exact) mass is 296 g/mol. The number of pyridine rings is 1. The number of amidine groups is 1. The van der Waals surface area contributed by atoms with Crippen LogP contribution >= 0.6 is 11.8 Å². The van der Waals surface area contributed by atoms with Crippen molar-refractivity contribution in [1.29, 1.82) is 5.26 Å². The van der Waals surface area contributed by atoms with Gasteiger partial charge in [0.25, 0.3) is 0 Å². The van der Waals surface area contributed by atoms with Crippen molar-refractivity contribution >= 4 is 33.5 Å². The molecule has 4 nitrogen and oxygen atoms in total. The van der Waals surface area contributed by atoms with Crippen molar-refractivity contribution in [1.82, 2.24) is 10.3 Å². The Labute approximate surface area is 128 Å². The molecule has 0 radical (unpaired) electrons. The molecule has 1 aliphatic rings. The molecule has 2 aromatic rings. The molecule has 0 atom stereocenters. The molecule has 0 spiro atoms. The number of rotatable bonds is 1. The van der Waals surface area contributed by atoms with Crippen LogP contribution < -0.4 is 5.32 Å². The number of thioether (sulfide) groups is 1. The molecule has 1 aromatic carbocycles. The van der Waals surface area contributed by atoms with Gasteiger partial charge in [0.15, 0.2) is 11.4 Å². The van der Waals surface area contributed by atoms with Crippen LogP contribution in [0, 0.1) is 11.5 Å². The minimum atomic E-state index is 0.627. The zero-order valence-corrected chi connectivity index (χ0v) is 12.7. The van der Waals surface area contributed by atoms with E-state index in [1.807, 2.05) is 30.6 Å². The number of aliphatic imine (C=N–C) groups is 1. The van der Waals surface area contributed by atoms with Crippen molar-refractivity contribution in [3.05, 3.63) is 35.5 Å². The Bertz CT molecular complexity index is 746. The van der Waals surface area contributed by atoms with Gasteiger partial charge in [0.2, 0.25) is 0 Å². The Balaban J connectivity index is 2.25. The first-order valence-electron chi connectivity index (χ1n) is 7.01. The van der Waals surface area contributed by atoms with Gasteiger partial charge in [-0.25, -0.2) is 4.99 Å². The smallest absolute Gasteiger partial charge is 0.183 e. The lowest BCUT2D eigenvalue weighted by atomic mass is 9.93. The highest BCUT2D eigenvalue weighted by Crippen LogP contribution is 2.35. The lowest BCUT2D eigenvalue weighted by molar-refractivity contribution is 0.672. The van der Waals surface area contributed by atoms with Crippen LogP contribution in [0.1, 0.15) is 24.1 Å². The summed E-state index contributed by atoms with van der Waals surface area (Å²) < 4.78 is 0. The van der Waals surface area contributed by atoms with Crippen LogP contribution in [0.3, 0.4) is 0 Å². The molecule has 3 rings (SSSR count). The van der Waals surface area contributed by atoms with E-state index in [0.717, 1.165) is 35.1 Å². The van der Waals surface area contributed by atoms with E-state index in [1.54, 1.807) is 0 Å². The van der Waals surface area contributed by atoms with Crippen LogP contribution in [-0.4, -0.2) is 16.4 Å². The highest BCUT2D eigenvalue weighted by molar-refractivity contribution is 8.13. The van der Waals surface area contributed by atoms with Gasteiger partial charge >= 0.3 is 0 Å². The van der Waals surface area contributed by atoms with Gasteiger partial charge in [0, 0.05) is 16.6 Å². The van der Waals surface area contributed by atoms with E-state index < -0.39 is 0 Å². The van der Waals surface area contributed by atoms with Gasteiger partial charge in [-0.2, -0.15) is 5.26 Å². The van der Waals surface area contributed by atoms with Crippen molar-refractivity contribution in [2.45, 2.75) is 25.7 Å². The maximum absolute atomic E-state index is 8.83. The summed E-state index contributed by atoms with van der Waals surface area (Å²) in [6, 6.07) is 8.09. The first-order valence-corrected chi connectivity index (χ1v) is 8.24. The average molecular weight is 296 g/mol. The van der Waals surface area contributed by atoms with Crippen molar-refractivity contribution in [3.8, 4) is 6.19 Å². The van der Waals surface area contributed by atoms with Crippen LogP contribution in [0.25, 0.3) is 10.9 Å². The molecule has 106 valence electrons. The van der Waals surface area contributed by atoms with Crippen LogP contribution in [0.4, 0.5) is 5.69 Å². The van der Waals surface area contributed by atoms with Gasteiger partial charge in [-0.1, -0.05) is 30.0 Å². The number of hydrogen-bond donors (Lipinski definition) is 1. The fraction of sp³-hybridized carbons (Fsp3) is 0.312. The standard InChI is InChI=1S/C16H16N4S/c1-21-16(18-10-17)20-15-11-6-2-4-8-13(11)19-14-9-5-3-7-12(14)15/h2,4,6,8H,3,5,7,9H2,1H3,(H,18,19,20). The first kappa shape index (κ1) is 13.9. The van der Waals surface area contributed by atoms with E-state index in [1.165, 1.54) is 30.2 Å². The third kappa shape index (κ3) is 2.72. The van der Waals surface area contributed by atoms with Gasteiger partial charge in [-0.05, 0) is 38.0 Å². The van der Waals surface area contributed by atoms with E-state index >= 15 is 0 Å². The summed E-state index contributed by atoms with van der Waals surface area (Å²) in [6.07, 6.45) is 8.26. The van der Waals surface area contributed by atoms with Crippen molar-refractivity contribution in [2.75, 3.05) is 6.26 Å². The summed E-state index contributed by atoms with van der Waals surface area (Å²) in [6.45, 7) is 0. The Morgan fingerprint density at radius 2 is 2.14 bits per heavy atom.